The summed E-state index contributed by atoms with van der Waals surface area (Å²) in [4.78, 5) is 1.98. The highest BCUT2D eigenvalue weighted by molar-refractivity contribution is 5.51. The third kappa shape index (κ3) is 3.53. The summed E-state index contributed by atoms with van der Waals surface area (Å²) < 4.78 is 40.3. The second kappa shape index (κ2) is 5.06. The van der Waals surface area contributed by atoms with Crippen LogP contribution in [0.1, 0.15) is 12.8 Å². The van der Waals surface area contributed by atoms with Gasteiger partial charge in [0.2, 0.25) is 0 Å². The summed E-state index contributed by atoms with van der Waals surface area (Å²) in [5.74, 6) is -0.195. The van der Waals surface area contributed by atoms with Gasteiger partial charge in [-0.05, 0) is 25.0 Å². The minimum atomic E-state index is -4.66. The van der Waals surface area contributed by atoms with Crippen LogP contribution < -0.4 is 15.4 Å². The molecule has 1 aliphatic heterocycles. The largest absolute Gasteiger partial charge is 0.573 e. The van der Waals surface area contributed by atoms with Crippen molar-refractivity contribution in [3.05, 3.63) is 24.3 Å². The predicted octanol–water partition coefficient (Wildman–Crippen LogP) is 2.51. The Morgan fingerprint density at radius 1 is 1.33 bits per heavy atom. The molecule has 0 saturated carbocycles. The van der Waals surface area contributed by atoms with Crippen LogP contribution in [0.3, 0.4) is 0 Å². The van der Waals surface area contributed by atoms with Crippen molar-refractivity contribution in [2.75, 3.05) is 18.0 Å². The molecule has 0 aromatic heterocycles. The maximum Gasteiger partial charge on any atom is 0.573 e. The first-order chi connectivity index (χ1) is 8.44. The fourth-order valence-electron chi connectivity index (χ4n) is 2.12. The number of halogens is 3. The maximum absolute atomic E-state index is 12.1. The minimum Gasteiger partial charge on any atom is -0.406 e. The highest BCUT2D eigenvalue weighted by Gasteiger charge is 2.31. The average molecular weight is 260 g/mol. The first-order valence-electron chi connectivity index (χ1n) is 5.80. The van der Waals surface area contributed by atoms with Crippen LogP contribution in [0.5, 0.6) is 5.75 Å². The molecule has 0 amide bonds. The van der Waals surface area contributed by atoms with Gasteiger partial charge in [-0.1, -0.05) is 6.07 Å². The molecule has 2 N–H and O–H groups in total. The summed E-state index contributed by atoms with van der Waals surface area (Å²) in [5.41, 5.74) is 6.56. The third-order valence-electron chi connectivity index (χ3n) is 2.87. The number of ether oxygens (including phenoxy) is 1. The monoisotopic (exact) mass is 260 g/mol. The van der Waals surface area contributed by atoms with E-state index in [2.05, 4.69) is 4.74 Å². The van der Waals surface area contributed by atoms with E-state index in [1.54, 1.807) is 12.1 Å². The maximum atomic E-state index is 12.1. The molecule has 0 aliphatic carbocycles. The lowest BCUT2D eigenvalue weighted by Crippen LogP contribution is -2.42. The zero-order chi connectivity index (χ0) is 13.2. The lowest BCUT2D eigenvalue weighted by Gasteiger charge is -2.32. The van der Waals surface area contributed by atoms with Crippen LogP contribution in [0, 0.1) is 0 Å². The Kier molecular flexibility index (Phi) is 3.65. The standard InChI is InChI=1S/C12H15F3N2O/c13-12(14,15)18-11-5-1-4-10(7-11)17-6-2-3-9(16)8-17/h1,4-5,7,9H,2-3,6,8,16H2. The van der Waals surface area contributed by atoms with Gasteiger partial charge in [0, 0.05) is 30.9 Å². The highest BCUT2D eigenvalue weighted by Crippen LogP contribution is 2.28. The molecule has 18 heavy (non-hydrogen) atoms. The van der Waals surface area contributed by atoms with Crippen molar-refractivity contribution in [1.82, 2.24) is 0 Å². The van der Waals surface area contributed by atoms with Gasteiger partial charge in [-0.25, -0.2) is 0 Å². The normalized spacial score (nSPS) is 20.9. The average Bonchev–Trinajstić information content (AvgIpc) is 2.27. The summed E-state index contributed by atoms with van der Waals surface area (Å²) in [6.07, 6.45) is -2.75. The van der Waals surface area contributed by atoms with E-state index >= 15 is 0 Å². The van der Waals surface area contributed by atoms with Crippen molar-refractivity contribution in [3.8, 4) is 5.75 Å². The molecule has 1 aromatic rings. The minimum absolute atomic E-state index is 0.0749. The SMILES string of the molecule is NC1CCCN(c2cccc(OC(F)(F)F)c2)C1. The van der Waals surface area contributed by atoms with Crippen molar-refractivity contribution in [3.63, 3.8) is 0 Å². The Labute approximate surface area is 103 Å². The van der Waals surface area contributed by atoms with E-state index in [0.29, 0.717) is 12.2 Å². The number of piperidine rings is 1. The number of hydrogen-bond donors (Lipinski definition) is 1. The molecular formula is C12H15F3N2O. The second-order valence-electron chi connectivity index (χ2n) is 4.39. The quantitative estimate of drug-likeness (QED) is 0.888. The molecule has 1 aliphatic rings. The Balaban J connectivity index is 2.11. The predicted molar refractivity (Wildman–Crippen MR) is 62.5 cm³/mol. The Bertz CT molecular complexity index is 409. The summed E-state index contributed by atoms with van der Waals surface area (Å²) >= 11 is 0. The lowest BCUT2D eigenvalue weighted by atomic mass is 10.1. The Morgan fingerprint density at radius 2 is 2.11 bits per heavy atom. The van der Waals surface area contributed by atoms with Gasteiger partial charge in [0.25, 0.3) is 0 Å². The van der Waals surface area contributed by atoms with Crippen LogP contribution >= 0.6 is 0 Å². The number of nitrogens with zero attached hydrogens (tertiary/aromatic N) is 1. The van der Waals surface area contributed by atoms with Crippen molar-refractivity contribution in [1.29, 1.82) is 0 Å². The van der Waals surface area contributed by atoms with Gasteiger partial charge in [-0.15, -0.1) is 13.2 Å². The topological polar surface area (TPSA) is 38.5 Å². The summed E-state index contributed by atoms with van der Waals surface area (Å²) in [6, 6.07) is 6.08. The zero-order valence-corrected chi connectivity index (χ0v) is 9.78. The van der Waals surface area contributed by atoms with Crippen LogP contribution in [0.25, 0.3) is 0 Å². The fraction of sp³-hybridized carbons (Fsp3) is 0.500. The van der Waals surface area contributed by atoms with E-state index in [9.17, 15) is 13.2 Å². The highest BCUT2D eigenvalue weighted by atomic mass is 19.4. The fourth-order valence-corrected chi connectivity index (χ4v) is 2.12. The third-order valence-corrected chi connectivity index (χ3v) is 2.87. The van der Waals surface area contributed by atoms with E-state index in [4.69, 9.17) is 5.73 Å². The molecule has 1 saturated heterocycles. The number of nitrogens with two attached hydrogens (primary N) is 1. The molecule has 0 bridgehead atoms. The van der Waals surface area contributed by atoms with E-state index in [-0.39, 0.29) is 11.8 Å². The molecule has 1 fully saturated rings. The smallest absolute Gasteiger partial charge is 0.406 e. The van der Waals surface area contributed by atoms with Gasteiger partial charge in [-0.2, -0.15) is 0 Å². The van der Waals surface area contributed by atoms with E-state index in [0.717, 1.165) is 19.4 Å². The summed E-state index contributed by atoms with van der Waals surface area (Å²) in [6.45, 7) is 1.47. The summed E-state index contributed by atoms with van der Waals surface area (Å²) in [5, 5.41) is 0. The van der Waals surface area contributed by atoms with Gasteiger partial charge < -0.3 is 15.4 Å². The van der Waals surface area contributed by atoms with Crippen molar-refractivity contribution in [2.45, 2.75) is 25.2 Å². The second-order valence-corrected chi connectivity index (χ2v) is 4.39. The van der Waals surface area contributed by atoms with Crippen LogP contribution in [0.15, 0.2) is 24.3 Å². The molecule has 1 unspecified atom stereocenters. The van der Waals surface area contributed by atoms with Crippen molar-refractivity contribution >= 4 is 5.69 Å². The van der Waals surface area contributed by atoms with Gasteiger partial charge in [0.1, 0.15) is 5.75 Å². The molecule has 0 spiro atoms. The number of hydrogen-bond acceptors (Lipinski definition) is 3. The van der Waals surface area contributed by atoms with Crippen LogP contribution in [-0.2, 0) is 0 Å². The van der Waals surface area contributed by atoms with E-state index in [1.807, 2.05) is 4.90 Å². The molecular weight excluding hydrogens is 245 g/mol. The molecule has 6 heteroatoms. The number of benzene rings is 1. The molecule has 1 heterocycles. The number of rotatable bonds is 2. The first kappa shape index (κ1) is 13.0. The molecule has 1 atom stereocenters. The zero-order valence-electron chi connectivity index (χ0n) is 9.78. The molecule has 3 nitrogen and oxygen atoms in total. The van der Waals surface area contributed by atoms with Gasteiger partial charge in [0.05, 0.1) is 0 Å². The first-order valence-corrected chi connectivity index (χ1v) is 5.80. The summed E-state index contributed by atoms with van der Waals surface area (Å²) in [7, 11) is 0. The van der Waals surface area contributed by atoms with Crippen molar-refractivity contribution in [2.24, 2.45) is 5.73 Å². The lowest BCUT2D eigenvalue weighted by molar-refractivity contribution is -0.274. The van der Waals surface area contributed by atoms with Crippen LogP contribution in [0.2, 0.25) is 0 Å². The van der Waals surface area contributed by atoms with E-state index in [1.165, 1.54) is 12.1 Å². The number of alkyl halides is 3. The van der Waals surface area contributed by atoms with Gasteiger partial charge in [-0.3, -0.25) is 0 Å². The van der Waals surface area contributed by atoms with Gasteiger partial charge >= 0.3 is 6.36 Å². The van der Waals surface area contributed by atoms with Crippen LogP contribution in [-0.4, -0.2) is 25.5 Å². The Hall–Kier alpha value is -1.43. The van der Waals surface area contributed by atoms with E-state index < -0.39 is 6.36 Å². The van der Waals surface area contributed by atoms with Gasteiger partial charge in [0.15, 0.2) is 0 Å². The molecule has 1 aromatic carbocycles. The van der Waals surface area contributed by atoms with Crippen molar-refractivity contribution < 1.29 is 17.9 Å². The molecule has 100 valence electrons. The molecule has 0 radical (unpaired) electrons. The van der Waals surface area contributed by atoms with Crippen LogP contribution in [0.4, 0.5) is 18.9 Å². The Morgan fingerprint density at radius 3 is 2.78 bits per heavy atom. The number of anilines is 1. The molecule has 2 rings (SSSR count).